The molecular formula is C10H12O. The van der Waals surface area contributed by atoms with Gasteiger partial charge in [-0.05, 0) is 25.2 Å². The maximum absolute atomic E-state index is 11.0. The Labute approximate surface area is 66.8 Å². The number of fused-ring (bicyclic) bond motifs is 1. The molecule has 1 heteroatoms. The highest BCUT2D eigenvalue weighted by Gasteiger charge is 2.40. The molecule has 2 rings (SSSR count). The Balaban J connectivity index is 2.09. The minimum atomic E-state index is 0.321. The molecule has 0 aromatic carbocycles. The lowest BCUT2D eigenvalue weighted by molar-refractivity contribution is -0.126. The van der Waals surface area contributed by atoms with Crippen molar-refractivity contribution in [1.29, 1.82) is 0 Å². The van der Waals surface area contributed by atoms with Gasteiger partial charge >= 0.3 is 0 Å². The van der Waals surface area contributed by atoms with Crippen molar-refractivity contribution in [3.8, 4) is 0 Å². The number of allylic oxidation sites excluding steroid dienone is 4. The van der Waals surface area contributed by atoms with E-state index in [4.69, 9.17) is 0 Å². The van der Waals surface area contributed by atoms with Crippen LogP contribution in [0, 0.1) is 17.8 Å². The smallest absolute Gasteiger partial charge is 0.133 e. The maximum atomic E-state index is 11.0. The minimum Gasteiger partial charge on any atom is -0.300 e. The van der Waals surface area contributed by atoms with Crippen LogP contribution in [0.2, 0.25) is 0 Å². The zero-order valence-electron chi connectivity index (χ0n) is 6.66. The molecule has 0 saturated heterocycles. The molecule has 11 heavy (non-hydrogen) atoms. The van der Waals surface area contributed by atoms with Crippen molar-refractivity contribution in [3.05, 3.63) is 24.3 Å². The van der Waals surface area contributed by atoms with Crippen LogP contribution in [-0.4, -0.2) is 5.78 Å². The Bertz CT molecular complexity index is 237. The minimum absolute atomic E-state index is 0.321. The summed E-state index contributed by atoms with van der Waals surface area (Å²) in [5.41, 5.74) is 0. The zero-order valence-corrected chi connectivity index (χ0v) is 6.66. The maximum Gasteiger partial charge on any atom is 0.133 e. The molecule has 2 aliphatic rings. The van der Waals surface area contributed by atoms with Crippen LogP contribution in [0.15, 0.2) is 24.3 Å². The third kappa shape index (κ3) is 0.953. The first-order valence-corrected chi connectivity index (χ1v) is 4.14. The summed E-state index contributed by atoms with van der Waals surface area (Å²) in [5, 5.41) is 0. The van der Waals surface area contributed by atoms with E-state index in [2.05, 4.69) is 24.3 Å². The second kappa shape index (κ2) is 2.33. The van der Waals surface area contributed by atoms with E-state index in [1.54, 1.807) is 6.92 Å². The fraction of sp³-hybridized carbons (Fsp3) is 0.500. The molecule has 2 aliphatic carbocycles. The van der Waals surface area contributed by atoms with Gasteiger partial charge in [0.05, 0.1) is 0 Å². The predicted molar refractivity (Wildman–Crippen MR) is 44.0 cm³/mol. The molecule has 3 atom stereocenters. The lowest BCUT2D eigenvalue weighted by Gasteiger charge is -2.41. The van der Waals surface area contributed by atoms with Crippen molar-refractivity contribution in [2.75, 3.05) is 0 Å². The zero-order chi connectivity index (χ0) is 7.84. The van der Waals surface area contributed by atoms with Crippen molar-refractivity contribution in [2.24, 2.45) is 17.8 Å². The van der Waals surface area contributed by atoms with Crippen LogP contribution in [0.5, 0.6) is 0 Å². The van der Waals surface area contributed by atoms with Crippen LogP contribution in [0.1, 0.15) is 13.3 Å². The van der Waals surface area contributed by atoms with Crippen molar-refractivity contribution in [3.63, 3.8) is 0 Å². The van der Waals surface area contributed by atoms with Gasteiger partial charge in [-0.15, -0.1) is 0 Å². The van der Waals surface area contributed by atoms with Crippen molar-refractivity contribution in [2.45, 2.75) is 13.3 Å². The average Bonchev–Trinajstić information content (AvgIpc) is 1.90. The molecule has 0 aromatic rings. The highest BCUT2D eigenvalue weighted by molar-refractivity contribution is 5.80. The summed E-state index contributed by atoms with van der Waals surface area (Å²) in [6, 6.07) is 0. The van der Waals surface area contributed by atoms with Crippen molar-refractivity contribution < 1.29 is 4.79 Å². The third-order valence-electron chi connectivity index (χ3n) is 2.81. The summed E-state index contributed by atoms with van der Waals surface area (Å²) in [5.74, 6) is 1.86. The first-order chi connectivity index (χ1) is 5.29. The first kappa shape index (κ1) is 6.84. The van der Waals surface area contributed by atoms with Gasteiger partial charge < -0.3 is 0 Å². The fourth-order valence-electron chi connectivity index (χ4n) is 2.03. The number of rotatable bonds is 1. The molecule has 1 fully saturated rings. The van der Waals surface area contributed by atoms with E-state index in [9.17, 15) is 4.79 Å². The second-order valence-corrected chi connectivity index (χ2v) is 3.46. The van der Waals surface area contributed by atoms with Gasteiger partial charge in [-0.2, -0.15) is 0 Å². The van der Waals surface area contributed by atoms with Gasteiger partial charge in [0.25, 0.3) is 0 Å². The highest BCUT2D eigenvalue weighted by atomic mass is 16.1. The quantitative estimate of drug-likeness (QED) is 0.555. The second-order valence-electron chi connectivity index (χ2n) is 3.46. The molecule has 0 N–H and O–H groups in total. The Kier molecular flexibility index (Phi) is 1.45. The lowest BCUT2D eigenvalue weighted by Crippen LogP contribution is -2.39. The van der Waals surface area contributed by atoms with Crippen LogP contribution in [0.25, 0.3) is 0 Å². The van der Waals surface area contributed by atoms with E-state index in [1.807, 2.05) is 0 Å². The molecule has 58 valence electrons. The molecule has 0 radical (unpaired) electrons. The van der Waals surface area contributed by atoms with E-state index in [1.165, 1.54) is 0 Å². The van der Waals surface area contributed by atoms with E-state index >= 15 is 0 Å². The van der Waals surface area contributed by atoms with Gasteiger partial charge in [0.1, 0.15) is 5.78 Å². The van der Waals surface area contributed by atoms with E-state index in [-0.39, 0.29) is 0 Å². The molecule has 0 heterocycles. The Morgan fingerprint density at radius 3 is 2.73 bits per heavy atom. The number of carbonyl (C=O) groups excluding carboxylic acids is 1. The SMILES string of the molecule is CC(=O)[C@@H]1C[C@H]2C=CC=C[C@H]21. The fourth-order valence-corrected chi connectivity index (χ4v) is 2.03. The molecule has 0 unspecified atom stereocenters. The molecule has 0 spiro atoms. The molecule has 0 aliphatic heterocycles. The van der Waals surface area contributed by atoms with Crippen LogP contribution in [-0.2, 0) is 4.79 Å². The molecule has 0 amide bonds. The highest BCUT2D eigenvalue weighted by Crippen LogP contribution is 2.44. The number of carbonyl (C=O) groups is 1. The number of ketones is 1. The molecule has 0 aromatic heterocycles. The van der Waals surface area contributed by atoms with Gasteiger partial charge in [0.15, 0.2) is 0 Å². The van der Waals surface area contributed by atoms with Crippen LogP contribution in [0.4, 0.5) is 0 Å². The van der Waals surface area contributed by atoms with E-state index in [0.717, 1.165) is 6.42 Å². The largest absolute Gasteiger partial charge is 0.300 e. The summed E-state index contributed by atoms with van der Waals surface area (Å²) in [4.78, 5) is 11.0. The molecule has 0 bridgehead atoms. The Morgan fingerprint density at radius 1 is 1.36 bits per heavy atom. The lowest BCUT2D eigenvalue weighted by atomic mass is 9.62. The molecule has 1 saturated carbocycles. The average molecular weight is 148 g/mol. The molecular weight excluding hydrogens is 136 g/mol. The van der Waals surface area contributed by atoms with Gasteiger partial charge in [-0.1, -0.05) is 24.3 Å². The van der Waals surface area contributed by atoms with E-state index in [0.29, 0.717) is 23.5 Å². The third-order valence-corrected chi connectivity index (χ3v) is 2.81. The number of hydrogen-bond acceptors (Lipinski definition) is 1. The van der Waals surface area contributed by atoms with Gasteiger partial charge in [0, 0.05) is 5.92 Å². The van der Waals surface area contributed by atoms with Crippen LogP contribution >= 0.6 is 0 Å². The molecule has 1 nitrogen and oxygen atoms in total. The van der Waals surface area contributed by atoms with Gasteiger partial charge in [-0.3, -0.25) is 4.79 Å². The monoisotopic (exact) mass is 148 g/mol. The Hall–Kier alpha value is -0.850. The predicted octanol–water partition coefficient (Wildman–Crippen LogP) is 1.95. The van der Waals surface area contributed by atoms with Gasteiger partial charge in [0.2, 0.25) is 0 Å². The van der Waals surface area contributed by atoms with Crippen molar-refractivity contribution in [1.82, 2.24) is 0 Å². The summed E-state index contributed by atoms with van der Waals surface area (Å²) in [6.07, 6.45) is 9.58. The first-order valence-electron chi connectivity index (χ1n) is 4.14. The van der Waals surface area contributed by atoms with E-state index < -0.39 is 0 Å². The number of Topliss-reactive ketones (excluding diaryl/α,β-unsaturated/α-hetero) is 1. The van der Waals surface area contributed by atoms with Crippen LogP contribution < -0.4 is 0 Å². The standard InChI is InChI=1S/C10H12O/c1-7(11)10-6-8-4-2-3-5-9(8)10/h2-5,8-10H,6H2,1H3/t8-,9-,10+/m1/s1. The Morgan fingerprint density at radius 2 is 2.09 bits per heavy atom. The summed E-state index contributed by atoms with van der Waals surface area (Å²) >= 11 is 0. The van der Waals surface area contributed by atoms with Crippen LogP contribution in [0.3, 0.4) is 0 Å². The van der Waals surface area contributed by atoms with Crippen molar-refractivity contribution >= 4 is 5.78 Å². The number of hydrogen-bond donors (Lipinski definition) is 0. The normalized spacial score (nSPS) is 39.5. The topological polar surface area (TPSA) is 17.1 Å². The summed E-state index contributed by atoms with van der Waals surface area (Å²) < 4.78 is 0. The summed E-state index contributed by atoms with van der Waals surface area (Å²) in [7, 11) is 0. The summed E-state index contributed by atoms with van der Waals surface area (Å²) in [6.45, 7) is 1.70. The van der Waals surface area contributed by atoms with Gasteiger partial charge in [-0.25, -0.2) is 0 Å².